The molecule has 0 fully saturated rings. The SMILES string of the molecule is CC(=O)N=C1C=CC(=Nc2nc(O)c(-c3c(O)n(C)c4ccccc34)s2)C=C1. The molecule has 2 heterocycles. The summed E-state index contributed by atoms with van der Waals surface area (Å²) in [5.41, 5.74) is 2.55. The Balaban J connectivity index is 1.73. The van der Waals surface area contributed by atoms with Gasteiger partial charge in [-0.3, -0.25) is 4.79 Å². The second-order valence-corrected chi connectivity index (χ2v) is 7.16. The number of hydrogen-bond acceptors (Lipinski definition) is 6. The van der Waals surface area contributed by atoms with E-state index in [-0.39, 0.29) is 17.7 Å². The third kappa shape index (κ3) is 3.14. The summed E-state index contributed by atoms with van der Waals surface area (Å²) >= 11 is 1.19. The normalized spacial score (nSPS) is 13.4. The maximum atomic E-state index is 11.0. The largest absolute Gasteiger partial charge is 0.494 e. The molecule has 28 heavy (non-hydrogen) atoms. The van der Waals surface area contributed by atoms with E-state index in [9.17, 15) is 15.0 Å². The first-order chi connectivity index (χ1) is 13.4. The number of para-hydroxylation sites is 1. The van der Waals surface area contributed by atoms with Crippen LogP contribution in [0.15, 0.2) is 58.6 Å². The monoisotopic (exact) mass is 392 g/mol. The fourth-order valence-electron chi connectivity index (χ4n) is 3.01. The number of amides is 1. The fourth-order valence-corrected chi connectivity index (χ4v) is 3.92. The minimum atomic E-state index is -0.269. The summed E-state index contributed by atoms with van der Waals surface area (Å²) in [4.78, 5) is 23.9. The van der Waals surface area contributed by atoms with Crippen LogP contribution in [-0.2, 0) is 11.8 Å². The van der Waals surface area contributed by atoms with E-state index < -0.39 is 0 Å². The standard InChI is InChI=1S/C20H16N4O3S/c1-11(25)21-12-7-9-13(10-8-12)22-20-23-18(26)17(28-20)16-14-5-3-4-6-15(14)24(2)19(16)27/h3-10,26-27H,1-2H3. The molecule has 0 saturated carbocycles. The highest BCUT2D eigenvalue weighted by molar-refractivity contribution is 7.19. The van der Waals surface area contributed by atoms with Gasteiger partial charge in [-0.25, -0.2) is 9.98 Å². The molecule has 3 aromatic rings. The van der Waals surface area contributed by atoms with Crippen molar-refractivity contribution in [2.24, 2.45) is 17.0 Å². The van der Waals surface area contributed by atoms with Crippen molar-refractivity contribution in [2.45, 2.75) is 6.92 Å². The molecule has 0 spiro atoms. The Morgan fingerprint density at radius 2 is 1.79 bits per heavy atom. The van der Waals surface area contributed by atoms with Gasteiger partial charge in [0.05, 0.1) is 22.5 Å². The number of carbonyl (C=O) groups excluding carboxylic acids is 1. The Morgan fingerprint density at radius 1 is 1.11 bits per heavy atom. The number of hydrogen-bond donors (Lipinski definition) is 2. The molecule has 1 amide bonds. The van der Waals surface area contributed by atoms with Crippen LogP contribution in [0.3, 0.4) is 0 Å². The minimum absolute atomic E-state index is 0.0573. The number of nitrogens with zero attached hydrogens (tertiary/aromatic N) is 4. The molecule has 0 aliphatic heterocycles. The molecule has 2 aromatic heterocycles. The molecule has 2 N–H and O–H groups in total. The molecular formula is C20H16N4O3S. The average Bonchev–Trinajstić information content (AvgIpc) is 3.14. The molecule has 0 unspecified atom stereocenters. The molecule has 0 atom stereocenters. The second kappa shape index (κ2) is 6.90. The van der Waals surface area contributed by atoms with Gasteiger partial charge >= 0.3 is 0 Å². The lowest BCUT2D eigenvalue weighted by atomic mass is 10.1. The summed E-state index contributed by atoms with van der Waals surface area (Å²) in [7, 11) is 1.76. The molecule has 4 rings (SSSR count). The van der Waals surface area contributed by atoms with Crippen LogP contribution in [0.1, 0.15) is 6.92 Å². The number of aromatic hydroxyl groups is 2. The molecule has 8 heteroatoms. The number of aromatic nitrogens is 2. The maximum absolute atomic E-state index is 11.0. The van der Waals surface area contributed by atoms with E-state index in [0.717, 1.165) is 10.9 Å². The number of allylic oxidation sites excluding steroid dienone is 4. The van der Waals surface area contributed by atoms with Crippen LogP contribution in [0.25, 0.3) is 21.3 Å². The number of benzene rings is 1. The zero-order chi connectivity index (χ0) is 19.8. The van der Waals surface area contributed by atoms with Gasteiger partial charge in [0.15, 0.2) is 0 Å². The van der Waals surface area contributed by atoms with E-state index in [1.54, 1.807) is 35.9 Å². The van der Waals surface area contributed by atoms with E-state index >= 15 is 0 Å². The van der Waals surface area contributed by atoms with Crippen LogP contribution in [0.5, 0.6) is 11.8 Å². The first kappa shape index (κ1) is 17.9. The van der Waals surface area contributed by atoms with Gasteiger partial charge in [-0.1, -0.05) is 29.5 Å². The van der Waals surface area contributed by atoms with Crippen molar-refractivity contribution in [3.05, 3.63) is 48.6 Å². The van der Waals surface area contributed by atoms with Crippen LogP contribution in [0, 0.1) is 0 Å². The molecule has 0 saturated heterocycles. The lowest BCUT2D eigenvalue weighted by molar-refractivity contribution is -0.115. The highest BCUT2D eigenvalue weighted by atomic mass is 32.1. The van der Waals surface area contributed by atoms with Crippen LogP contribution < -0.4 is 0 Å². The minimum Gasteiger partial charge on any atom is -0.494 e. The third-order valence-corrected chi connectivity index (χ3v) is 5.22. The van der Waals surface area contributed by atoms with Gasteiger partial charge in [-0.05, 0) is 30.4 Å². The number of carbonyl (C=O) groups is 1. The fraction of sp³-hybridized carbons (Fsp3) is 0.100. The zero-order valence-corrected chi connectivity index (χ0v) is 15.9. The van der Waals surface area contributed by atoms with Gasteiger partial charge in [0, 0.05) is 19.4 Å². The Kier molecular flexibility index (Phi) is 4.40. The average molecular weight is 392 g/mol. The first-order valence-electron chi connectivity index (χ1n) is 8.44. The molecule has 0 bridgehead atoms. The van der Waals surface area contributed by atoms with Gasteiger partial charge in [0.2, 0.25) is 22.8 Å². The maximum Gasteiger partial charge on any atom is 0.243 e. The summed E-state index contributed by atoms with van der Waals surface area (Å²) in [6, 6.07) is 7.55. The first-order valence-corrected chi connectivity index (χ1v) is 9.26. The Morgan fingerprint density at radius 3 is 2.50 bits per heavy atom. The van der Waals surface area contributed by atoms with Gasteiger partial charge < -0.3 is 14.8 Å². The van der Waals surface area contributed by atoms with Crippen LogP contribution in [-0.4, -0.2) is 37.1 Å². The summed E-state index contributed by atoms with van der Waals surface area (Å²) < 4.78 is 1.66. The number of rotatable bonds is 2. The van der Waals surface area contributed by atoms with Crippen molar-refractivity contribution in [2.75, 3.05) is 0 Å². The lowest BCUT2D eigenvalue weighted by Gasteiger charge is -2.00. The number of thiazole rings is 1. The van der Waals surface area contributed by atoms with Crippen molar-refractivity contribution in [1.82, 2.24) is 9.55 Å². The Bertz CT molecular complexity index is 1210. The predicted octanol–water partition coefficient (Wildman–Crippen LogP) is 3.90. The van der Waals surface area contributed by atoms with Crippen LogP contribution in [0.2, 0.25) is 0 Å². The van der Waals surface area contributed by atoms with Gasteiger partial charge in [-0.15, -0.1) is 0 Å². The van der Waals surface area contributed by atoms with E-state index in [2.05, 4.69) is 15.0 Å². The van der Waals surface area contributed by atoms with Crippen LogP contribution >= 0.6 is 11.3 Å². The summed E-state index contributed by atoms with van der Waals surface area (Å²) in [5.74, 6) is -0.394. The molecule has 7 nitrogen and oxygen atoms in total. The number of aryl methyl sites for hydroxylation is 1. The summed E-state index contributed by atoms with van der Waals surface area (Å²) in [6.45, 7) is 1.39. The van der Waals surface area contributed by atoms with E-state index in [1.165, 1.54) is 18.3 Å². The Labute approximate surface area is 164 Å². The van der Waals surface area contributed by atoms with Crippen molar-refractivity contribution in [1.29, 1.82) is 0 Å². The molecule has 140 valence electrons. The summed E-state index contributed by atoms with van der Waals surface area (Å²) in [5, 5.41) is 22.1. The highest BCUT2D eigenvalue weighted by Gasteiger charge is 2.22. The van der Waals surface area contributed by atoms with Crippen molar-refractivity contribution in [3.8, 4) is 22.2 Å². The van der Waals surface area contributed by atoms with E-state index in [1.807, 2.05) is 24.3 Å². The highest BCUT2D eigenvalue weighted by Crippen LogP contribution is 2.47. The number of fused-ring (bicyclic) bond motifs is 1. The molecule has 1 aliphatic rings. The molecular weight excluding hydrogens is 376 g/mol. The van der Waals surface area contributed by atoms with Crippen LogP contribution in [0.4, 0.5) is 5.13 Å². The van der Waals surface area contributed by atoms with Gasteiger partial charge in [0.25, 0.3) is 0 Å². The molecule has 0 radical (unpaired) electrons. The topological polar surface area (TPSA) is 100 Å². The summed E-state index contributed by atoms with van der Waals surface area (Å²) in [6.07, 6.45) is 6.81. The quantitative estimate of drug-likeness (QED) is 0.646. The van der Waals surface area contributed by atoms with Crippen molar-refractivity contribution < 1.29 is 15.0 Å². The smallest absolute Gasteiger partial charge is 0.243 e. The van der Waals surface area contributed by atoms with Gasteiger partial charge in [-0.2, -0.15) is 4.98 Å². The van der Waals surface area contributed by atoms with Crippen molar-refractivity contribution >= 4 is 44.7 Å². The van der Waals surface area contributed by atoms with E-state index in [0.29, 0.717) is 27.0 Å². The molecule has 1 aliphatic carbocycles. The Hall–Kier alpha value is -3.52. The predicted molar refractivity (Wildman–Crippen MR) is 111 cm³/mol. The lowest BCUT2D eigenvalue weighted by Crippen LogP contribution is -2.01. The third-order valence-electron chi connectivity index (χ3n) is 4.26. The van der Waals surface area contributed by atoms with Gasteiger partial charge in [0.1, 0.15) is 4.88 Å². The van der Waals surface area contributed by atoms with E-state index in [4.69, 9.17) is 0 Å². The zero-order valence-electron chi connectivity index (χ0n) is 15.1. The second-order valence-electron chi connectivity index (χ2n) is 6.18. The number of aliphatic imine (C=N–C) groups is 2. The molecule has 1 aromatic carbocycles. The van der Waals surface area contributed by atoms with Crippen molar-refractivity contribution in [3.63, 3.8) is 0 Å².